The molecule has 7 heteroatoms. The van der Waals surface area contributed by atoms with Crippen LogP contribution in [-0.2, 0) is 24.4 Å². The number of hydrogen-bond donors (Lipinski definition) is 1. The lowest BCUT2D eigenvalue weighted by Gasteiger charge is -2.40. The molecule has 4 rings (SSSR count). The molecule has 1 N–H and O–H groups in total. The second-order valence-electron chi connectivity index (χ2n) is 10.8. The minimum atomic E-state index is -0.217. The van der Waals surface area contributed by atoms with Crippen LogP contribution < -0.4 is 10.1 Å². The molecule has 0 unspecified atom stereocenters. The Bertz CT molecular complexity index is 1250. The number of ether oxygens (including phenoxy) is 1. The van der Waals surface area contributed by atoms with Crippen molar-refractivity contribution in [2.75, 3.05) is 20.2 Å². The summed E-state index contributed by atoms with van der Waals surface area (Å²) in [4.78, 5) is 30.9. The maximum Gasteiger partial charge on any atom is 0.251 e. The smallest absolute Gasteiger partial charge is 0.251 e. The first-order valence-corrected chi connectivity index (χ1v) is 14.7. The molecule has 0 saturated carbocycles. The Morgan fingerprint density at radius 1 is 0.902 bits per heavy atom. The van der Waals surface area contributed by atoms with Crippen LogP contribution in [0.15, 0.2) is 72.8 Å². The molecule has 3 aromatic carbocycles. The highest BCUT2D eigenvalue weighted by molar-refractivity contribution is 5.94. The molecule has 1 heterocycles. The Hall–Kier alpha value is -3.71. The van der Waals surface area contributed by atoms with Gasteiger partial charge in [0.1, 0.15) is 11.6 Å². The van der Waals surface area contributed by atoms with Crippen LogP contribution in [0.25, 0.3) is 0 Å². The summed E-state index contributed by atoms with van der Waals surface area (Å²) in [6.07, 6.45) is 3.45. The average Bonchev–Trinajstić information content (AvgIpc) is 3.01. The van der Waals surface area contributed by atoms with E-state index < -0.39 is 0 Å². The minimum absolute atomic E-state index is 0.00949. The van der Waals surface area contributed by atoms with Crippen molar-refractivity contribution in [1.29, 1.82) is 0 Å². The van der Waals surface area contributed by atoms with Crippen molar-refractivity contribution in [1.82, 2.24) is 15.1 Å². The first-order valence-electron chi connectivity index (χ1n) is 14.7. The van der Waals surface area contributed by atoms with E-state index in [4.69, 9.17) is 4.74 Å². The standard InChI is InChI=1S/C34H42FN3O3/c1-4-28(5-2)34(40)38(31-18-20-37(21-19-31)23-26-8-14-30(35)15-9-26)24-27-6-12-29(13-7-27)33(39)36-22-25-10-16-32(41-3)17-11-25/h6-17,28,31H,4-5,18-24H2,1-3H3,(H,36,39). The third-order valence-corrected chi connectivity index (χ3v) is 8.12. The van der Waals surface area contributed by atoms with Crippen LogP contribution >= 0.6 is 0 Å². The van der Waals surface area contributed by atoms with E-state index in [1.807, 2.05) is 60.7 Å². The van der Waals surface area contributed by atoms with Crippen molar-refractivity contribution in [2.45, 2.75) is 65.2 Å². The highest BCUT2D eigenvalue weighted by Crippen LogP contribution is 2.25. The molecular formula is C34H42FN3O3. The van der Waals surface area contributed by atoms with E-state index in [9.17, 15) is 14.0 Å². The molecule has 1 aliphatic heterocycles. The Morgan fingerprint density at radius 2 is 1.49 bits per heavy atom. The number of hydrogen-bond acceptors (Lipinski definition) is 4. The van der Waals surface area contributed by atoms with E-state index in [-0.39, 0.29) is 29.6 Å². The molecule has 0 spiro atoms. The molecule has 41 heavy (non-hydrogen) atoms. The van der Waals surface area contributed by atoms with Gasteiger partial charge in [0.2, 0.25) is 5.91 Å². The zero-order chi connectivity index (χ0) is 29.2. The molecule has 218 valence electrons. The van der Waals surface area contributed by atoms with Crippen LogP contribution in [0.3, 0.4) is 0 Å². The van der Waals surface area contributed by atoms with Gasteiger partial charge in [-0.3, -0.25) is 14.5 Å². The van der Waals surface area contributed by atoms with Gasteiger partial charge in [0.15, 0.2) is 0 Å². The summed E-state index contributed by atoms with van der Waals surface area (Å²) < 4.78 is 18.5. The van der Waals surface area contributed by atoms with Crippen molar-refractivity contribution >= 4 is 11.8 Å². The zero-order valence-corrected chi connectivity index (χ0v) is 24.4. The molecular weight excluding hydrogens is 517 g/mol. The third-order valence-electron chi connectivity index (χ3n) is 8.12. The van der Waals surface area contributed by atoms with Crippen LogP contribution in [0.2, 0.25) is 0 Å². The fourth-order valence-electron chi connectivity index (χ4n) is 5.48. The molecule has 0 aromatic heterocycles. The van der Waals surface area contributed by atoms with E-state index >= 15 is 0 Å². The number of carbonyl (C=O) groups excluding carboxylic acids is 2. The highest BCUT2D eigenvalue weighted by Gasteiger charge is 2.31. The Labute approximate surface area is 243 Å². The number of likely N-dealkylation sites (tertiary alicyclic amines) is 1. The number of halogens is 1. The number of carbonyl (C=O) groups is 2. The van der Waals surface area contributed by atoms with Gasteiger partial charge in [0.25, 0.3) is 5.91 Å². The van der Waals surface area contributed by atoms with E-state index in [1.54, 1.807) is 7.11 Å². The molecule has 1 aliphatic rings. The zero-order valence-electron chi connectivity index (χ0n) is 24.4. The van der Waals surface area contributed by atoms with Gasteiger partial charge in [-0.05, 0) is 78.8 Å². The van der Waals surface area contributed by atoms with Gasteiger partial charge in [0.05, 0.1) is 7.11 Å². The highest BCUT2D eigenvalue weighted by atomic mass is 19.1. The average molecular weight is 560 g/mol. The van der Waals surface area contributed by atoms with Crippen LogP contribution in [0.5, 0.6) is 5.75 Å². The molecule has 3 aromatic rings. The molecule has 0 aliphatic carbocycles. The molecule has 0 bridgehead atoms. The number of amides is 2. The predicted octanol–water partition coefficient (Wildman–Crippen LogP) is 6.19. The second-order valence-corrected chi connectivity index (χ2v) is 10.8. The molecule has 2 amide bonds. The summed E-state index contributed by atoms with van der Waals surface area (Å²) in [5.41, 5.74) is 3.71. The monoisotopic (exact) mass is 559 g/mol. The molecule has 1 saturated heterocycles. The lowest BCUT2D eigenvalue weighted by atomic mass is 9.96. The van der Waals surface area contributed by atoms with Crippen LogP contribution in [0, 0.1) is 11.7 Å². The van der Waals surface area contributed by atoms with Crippen LogP contribution in [0.1, 0.15) is 66.6 Å². The Balaban J connectivity index is 1.37. The summed E-state index contributed by atoms with van der Waals surface area (Å²) >= 11 is 0. The first kappa shape index (κ1) is 30.3. The largest absolute Gasteiger partial charge is 0.497 e. The van der Waals surface area contributed by atoms with E-state index in [2.05, 4.69) is 29.0 Å². The summed E-state index contributed by atoms with van der Waals surface area (Å²) in [6.45, 7) is 7.69. The molecule has 0 radical (unpaired) electrons. The van der Waals surface area contributed by atoms with Gasteiger partial charge < -0.3 is 15.0 Å². The van der Waals surface area contributed by atoms with Crippen molar-refractivity contribution < 1.29 is 18.7 Å². The summed E-state index contributed by atoms with van der Waals surface area (Å²) in [5.74, 6) is 0.655. The maximum absolute atomic E-state index is 13.7. The number of piperidine rings is 1. The SMILES string of the molecule is CCC(CC)C(=O)N(Cc1ccc(C(=O)NCc2ccc(OC)cc2)cc1)C1CCN(Cc2ccc(F)cc2)CC1. The summed E-state index contributed by atoms with van der Waals surface area (Å²) in [6, 6.07) is 22.1. The van der Waals surface area contributed by atoms with E-state index in [0.29, 0.717) is 18.7 Å². The van der Waals surface area contributed by atoms with Gasteiger partial charge in [-0.2, -0.15) is 0 Å². The summed E-state index contributed by atoms with van der Waals surface area (Å²) in [7, 11) is 1.63. The van der Waals surface area contributed by atoms with Crippen molar-refractivity contribution in [3.8, 4) is 5.75 Å². The van der Waals surface area contributed by atoms with Crippen molar-refractivity contribution in [3.05, 3.63) is 101 Å². The first-order chi connectivity index (χ1) is 19.9. The number of benzene rings is 3. The van der Waals surface area contributed by atoms with Crippen molar-refractivity contribution in [3.63, 3.8) is 0 Å². The second kappa shape index (κ2) is 14.8. The van der Waals surface area contributed by atoms with Gasteiger partial charge in [-0.25, -0.2) is 4.39 Å². The topological polar surface area (TPSA) is 61.9 Å². The summed E-state index contributed by atoms with van der Waals surface area (Å²) in [5, 5.41) is 2.97. The lowest BCUT2D eigenvalue weighted by Crippen LogP contribution is -2.48. The van der Waals surface area contributed by atoms with Crippen LogP contribution in [0.4, 0.5) is 4.39 Å². The fourth-order valence-corrected chi connectivity index (χ4v) is 5.48. The number of nitrogens with one attached hydrogen (secondary N) is 1. The molecule has 6 nitrogen and oxygen atoms in total. The van der Waals surface area contributed by atoms with Gasteiger partial charge in [-0.1, -0.05) is 50.2 Å². The molecule has 1 fully saturated rings. The fraction of sp³-hybridized carbons (Fsp3) is 0.412. The minimum Gasteiger partial charge on any atom is -0.497 e. The van der Waals surface area contributed by atoms with Crippen molar-refractivity contribution in [2.24, 2.45) is 5.92 Å². The van der Waals surface area contributed by atoms with E-state index in [1.165, 1.54) is 12.1 Å². The maximum atomic E-state index is 13.7. The number of nitrogens with zero attached hydrogens (tertiary/aromatic N) is 2. The van der Waals surface area contributed by atoms with Gasteiger partial charge in [-0.15, -0.1) is 0 Å². The Kier molecular flexibility index (Phi) is 10.9. The lowest BCUT2D eigenvalue weighted by molar-refractivity contribution is -0.140. The van der Waals surface area contributed by atoms with Gasteiger partial charge in [0, 0.05) is 50.2 Å². The molecule has 0 atom stereocenters. The third kappa shape index (κ3) is 8.40. The van der Waals surface area contributed by atoms with Gasteiger partial charge >= 0.3 is 0 Å². The Morgan fingerprint density at radius 3 is 2.07 bits per heavy atom. The van der Waals surface area contributed by atoms with Crippen LogP contribution in [-0.4, -0.2) is 47.9 Å². The quantitative estimate of drug-likeness (QED) is 0.287. The predicted molar refractivity (Wildman–Crippen MR) is 160 cm³/mol. The number of methoxy groups -OCH3 is 1. The van der Waals surface area contributed by atoms with E-state index in [0.717, 1.165) is 67.8 Å². The number of rotatable bonds is 12. The normalized spacial score (nSPS) is 14.2.